The summed E-state index contributed by atoms with van der Waals surface area (Å²) < 4.78 is 0. The molecule has 98 valence electrons. The quantitative estimate of drug-likeness (QED) is 0.529. The summed E-state index contributed by atoms with van der Waals surface area (Å²) in [6.07, 6.45) is 1.73. The number of aromatic nitrogens is 1. The highest BCUT2D eigenvalue weighted by molar-refractivity contribution is 8.00. The van der Waals surface area contributed by atoms with Crippen LogP contribution in [0, 0.1) is 0 Å². The third-order valence-electron chi connectivity index (χ3n) is 3.05. The molecule has 1 aromatic heterocycles. The lowest BCUT2D eigenvalue weighted by Gasteiger charge is -2.05. The molecule has 3 heteroatoms. The Kier molecular flexibility index (Phi) is 3.79. The summed E-state index contributed by atoms with van der Waals surface area (Å²) in [4.78, 5) is 17.8. The number of Topliss-reactive ketones (excluding diaryl/α,β-unsaturated/α-hetero) is 1. The van der Waals surface area contributed by atoms with Gasteiger partial charge in [0.1, 0.15) is 0 Å². The molecule has 2 nitrogen and oxygen atoms in total. The lowest BCUT2D eigenvalue weighted by molar-refractivity contribution is 0.102. The number of pyridine rings is 1. The normalized spacial score (nSPS) is 10.6. The van der Waals surface area contributed by atoms with Crippen molar-refractivity contribution in [2.45, 2.75) is 4.90 Å². The molecule has 0 fully saturated rings. The van der Waals surface area contributed by atoms with Gasteiger partial charge in [0.25, 0.3) is 0 Å². The van der Waals surface area contributed by atoms with Gasteiger partial charge >= 0.3 is 0 Å². The lowest BCUT2D eigenvalue weighted by Crippen LogP contribution is -2.03. The van der Waals surface area contributed by atoms with E-state index in [1.54, 1.807) is 18.0 Å². The summed E-state index contributed by atoms with van der Waals surface area (Å²) in [5, 5.41) is 1.00. The van der Waals surface area contributed by atoms with Crippen molar-refractivity contribution in [1.82, 2.24) is 4.98 Å². The van der Waals surface area contributed by atoms with Crippen LogP contribution in [-0.4, -0.2) is 16.5 Å². The van der Waals surface area contributed by atoms with Gasteiger partial charge in [0.2, 0.25) is 0 Å². The smallest absolute Gasteiger partial charge is 0.175 e. The maximum Gasteiger partial charge on any atom is 0.175 e. The molecule has 0 atom stereocenters. The molecule has 0 saturated heterocycles. The van der Waals surface area contributed by atoms with Gasteiger partial charge in [0, 0.05) is 22.0 Å². The highest BCUT2D eigenvalue weighted by atomic mass is 32.2. The molecular weight excluding hydrogens is 266 g/mol. The fourth-order valence-corrected chi connectivity index (χ4v) is 2.88. The van der Waals surface area contributed by atoms with Crippen LogP contribution in [0.2, 0.25) is 0 Å². The molecule has 0 spiro atoms. The number of ketones is 1. The summed E-state index contributed by atoms with van der Waals surface area (Å²) in [5.74, 6) is 0.544. The number of carbonyl (C=O) groups is 1. The average molecular weight is 279 g/mol. The predicted molar refractivity (Wildman–Crippen MR) is 83.2 cm³/mol. The molecule has 3 aromatic rings. The van der Waals surface area contributed by atoms with E-state index >= 15 is 0 Å². The average Bonchev–Trinajstić information content (AvgIpc) is 2.53. The summed E-state index contributed by atoms with van der Waals surface area (Å²) in [5.41, 5.74) is 1.49. The van der Waals surface area contributed by atoms with Gasteiger partial charge in [0.05, 0.1) is 11.3 Å². The number of para-hydroxylation sites is 1. The first kappa shape index (κ1) is 12.9. The van der Waals surface area contributed by atoms with Crippen LogP contribution in [0.3, 0.4) is 0 Å². The zero-order valence-corrected chi connectivity index (χ0v) is 11.6. The van der Waals surface area contributed by atoms with Crippen molar-refractivity contribution in [2.75, 3.05) is 5.75 Å². The Morgan fingerprint density at radius 3 is 2.60 bits per heavy atom. The molecule has 0 aliphatic heterocycles. The van der Waals surface area contributed by atoms with Crippen LogP contribution in [0.25, 0.3) is 10.9 Å². The Labute approximate surface area is 121 Å². The largest absolute Gasteiger partial charge is 0.293 e. The van der Waals surface area contributed by atoms with Crippen molar-refractivity contribution in [3.63, 3.8) is 0 Å². The van der Waals surface area contributed by atoms with Gasteiger partial charge in [-0.3, -0.25) is 9.78 Å². The first-order valence-electron chi connectivity index (χ1n) is 6.39. The fourth-order valence-electron chi connectivity index (χ4n) is 2.07. The summed E-state index contributed by atoms with van der Waals surface area (Å²) >= 11 is 1.55. The molecule has 20 heavy (non-hydrogen) atoms. The van der Waals surface area contributed by atoms with Crippen molar-refractivity contribution in [2.24, 2.45) is 0 Å². The highest BCUT2D eigenvalue weighted by Gasteiger charge is 2.11. The Morgan fingerprint density at radius 1 is 0.950 bits per heavy atom. The summed E-state index contributed by atoms with van der Waals surface area (Å²) in [6.45, 7) is 0. The molecule has 0 bridgehead atoms. The van der Waals surface area contributed by atoms with E-state index in [1.165, 1.54) is 0 Å². The minimum atomic E-state index is 0.114. The zero-order chi connectivity index (χ0) is 13.8. The maximum atomic E-state index is 12.4. The highest BCUT2D eigenvalue weighted by Crippen LogP contribution is 2.21. The Hall–Kier alpha value is -2.13. The van der Waals surface area contributed by atoms with Crippen LogP contribution in [-0.2, 0) is 0 Å². The van der Waals surface area contributed by atoms with Crippen molar-refractivity contribution in [3.05, 3.63) is 72.4 Å². The molecule has 0 saturated carbocycles. The molecule has 3 rings (SSSR count). The standard InChI is InChI=1S/C17H13NOS/c19-16(12-20-14-8-2-1-3-9-14)15-10-4-6-13-7-5-11-18-17(13)15/h1-11H,12H2. The van der Waals surface area contributed by atoms with Crippen LogP contribution < -0.4 is 0 Å². The van der Waals surface area contributed by atoms with Gasteiger partial charge in [-0.1, -0.05) is 36.4 Å². The van der Waals surface area contributed by atoms with Crippen molar-refractivity contribution < 1.29 is 4.79 Å². The van der Waals surface area contributed by atoms with Gasteiger partial charge in [0.15, 0.2) is 5.78 Å². The van der Waals surface area contributed by atoms with Crippen molar-refractivity contribution in [3.8, 4) is 0 Å². The number of hydrogen-bond acceptors (Lipinski definition) is 3. The monoisotopic (exact) mass is 279 g/mol. The zero-order valence-electron chi connectivity index (χ0n) is 10.8. The Morgan fingerprint density at radius 2 is 1.75 bits per heavy atom. The molecule has 0 radical (unpaired) electrons. The number of hydrogen-bond donors (Lipinski definition) is 0. The van der Waals surface area contributed by atoms with E-state index in [-0.39, 0.29) is 5.78 Å². The molecule has 2 aromatic carbocycles. The second kappa shape index (κ2) is 5.88. The molecule has 0 aliphatic carbocycles. The second-order valence-corrected chi connectivity index (χ2v) is 5.45. The molecule has 0 unspecified atom stereocenters. The van der Waals surface area contributed by atoms with E-state index < -0.39 is 0 Å². The third kappa shape index (κ3) is 2.73. The molecule has 1 heterocycles. The summed E-state index contributed by atoms with van der Waals surface area (Å²) in [6, 6.07) is 19.5. The third-order valence-corrected chi connectivity index (χ3v) is 4.06. The Balaban J connectivity index is 1.82. The van der Waals surface area contributed by atoms with Crippen molar-refractivity contribution in [1.29, 1.82) is 0 Å². The van der Waals surface area contributed by atoms with Crippen LogP contribution in [0.15, 0.2) is 71.8 Å². The predicted octanol–water partition coefficient (Wildman–Crippen LogP) is 4.21. The lowest BCUT2D eigenvalue weighted by atomic mass is 10.1. The second-order valence-electron chi connectivity index (χ2n) is 4.41. The van der Waals surface area contributed by atoms with E-state index in [9.17, 15) is 4.79 Å². The molecule has 0 N–H and O–H groups in total. The van der Waals surface area contributed by atoms with E-state index in [4.69, 9.17) is 0 Å². The van der Waals surface area contributed by atoms with Gasteiger partial charge in [-0.05, 0) is 24.3 Å². The topological polar surface area (TPSA) is 30.0 Å². The van der Waals surface area contributed by atoms with Gasteiger partial charge in [-0.2, -0.15) is 0 Å². The SMILES string of the molecule is O=C(CSc1ccccc1)c1cccc2cccnc12. The molecule has 0 aliphatic rings. The number of rotatable bonds is 4. The van der Waals surface area contributed by atoms with Gasteiger partial charge in [-0.25, -0.2) is 0 Å². The van der Waals surface area contributed by atoms with E-state index in [0.717, 1.165) is 15.8 Å². The number of benzene rings is 2. The van der Waals surface area contributed by atoms with E-state index in [2.05, 4.69) is 4.98 Å². The molecule has 0 amide bonds. The van der Waals surface area contributed by atoms with Gasteiger partial charge in [-0.15, -0.1) is 11.8 Å². The van der Waals surface area contributed by atoms with Crippen molar-refractivity contribution >= 4 is 28.4 Å². The number of fused-ring (bicyclic) bond motifs is 1. The molecular formula is C17H13NOS. The van der Waals surface area contributed by atoms with Crippen LogP contribution in [0.5, 0.6) is 0 Å². The number of thioether (sulfide) groups is 1. The van der Waals surface area contributed by atoms with Crippen LogP contribution >= 0.6 is 11.8 Å². The Bertz CT molecular complexity index is 735. The van der Waals surface area contributed by atoms with Crippen LogP contribution in [0.1, 0.15) is 10.4 Å². The van der Waals surface area contributed by atoms with Gasteiger partial charge < -0.3 is 0 Å². The van der Waals surface area contributed by atoms with E-state index in [1.807, 2.05) is 60.7 Å². The minimum absolute atomic E-state index is 0.114. The maximum absolute atomic E-state index is 12.4. The van der Waals surface area contributed by atoms with Crippen LogP contribution in [0.4, 0.5) is 0 Å². The minimum Gasteiger partial charge on any atom is -0.293 e. The first-order chi connectivity index (χ1) is 9.84. The first-order valence-corrected chi connectivity index (χ1v) is 7.38. The number of nitrogens with zero attached hydrogens (tertiary/aromatic N) is 1. The fraction of sp³-hybridized carbons (Fsp3) is 0.0588. The van der Waals surface area contributed by atoms with E-state index in [0.29, 0.717) is 11.3 Å². The number of carbonyl (C=O) groups excluding carboxylic acids is 1. The summed E-state index contributed by atoms with van der Waals surface area (Å²) in [7, 11) is 0.